The minimum Gasteiger partial charge on any atom is -0.462 e. The minimum atomic E-state index is -0.771. The number of unbranched alkanes of at least 4 members (excludes halogenated alkanes) is 46. The monoisotopic (exact) mass is 1150 g/mol. The fourth-order valence-corrected chi connectivity index (χ4v) is 10.9. The predicted octanol–water partition coefficient (Wildman–Crippen LogP) is 25.1. The van der Waals surface area contributed by atoms with Crippen molar-refractivity contribution in [3.63, 3.8) is 0 Å². The number of hydrogen-bond donors (Lipinski definition) is 0. The van der Waals surface area contributed by atoms with E-state index in [1.165, 1.54) is 257 Å². The molecule has 0 fully saturated rings. The van der Waals surface area contributed by atoms with Gasteiger partial charge in [0.25, 0.3) is 0 Å². The lowest BCUT2D eigenvalue weighted by Gasteiger charge is -2.18. The van der Waals surface area contributed by atoms with Gasteiger partial charge in [-0.05, 0) is 64.2 Å². The highest BCUT2D eigenvalue weighted by Crippen LogP contribution is 2.19. The first kappa shape index (κ1) is 79.1. The van der Waals surface area contributed by atoms with Crippen LogP contribution in [0.25, 0.3) is 0 Å². The molecule has 0 aliphatic carbocycles. The molecule has 0 rings (SSSR count). The van der Waals surface area contributed by atoms with Gasteiger partial charge in [0.1, 0.15) is 13.2 Å². The van der Waals surface area contributed by atoms with Crippen LogP contribution in [0.2, 0.25) is 0 Å². The van der Waals surface area contributed by atoms with E-state index in [1.54, 1.807) is 0 Å². The van der Waals surface area contributed by atoms with Crippen molar-refractivity contribution in [3.8, 4) is 0 Å². The van der Waals surface area contributed by atoms with Crippen LogP contribution < -0.4 is 0 Å². The number of esters is 3. The third-order valence-electron chi connectivity index (χ3n) is 16.3. The van der Waals surface area contributed by atoms with Gasteiger partial charge in [0, 0.05) is 19.3 Å². The zero-order chi connectivity index (χ0) is 59.2. The van der Waals surface area contributed by atoms with E-state index in [0.29, 0.717) is 19.3 Å². The number of carbonyl (C=O) groups is 3. The maximum absolute atomic E-state index is 13.0. The Labute approximate surface area is 510 Å². The van der Waals surface area contributed by atoms with Gasteiger partial charge < -0.3 is 14.2 Å². The molecule has 1 atom stereocenters. The van der Waals surface area contributed by atoms with Crippen LogP contribution in [-0.4, -0.2) is 37.2 Å². The second-order valence-corrected chi connectivity index (χ2v) is 24.5. The molecule has 0 aliphatic heterocycles. The van der Waals surface area contributed by atoms with E-state index in [1.807, 2.05) is 0 Å². The first-order valence-electron chi connectivity index (χ1n) is 36.3. The van der Waals surface area contributed by atoms with E-state index in [0.717, 1.165) is 89.9 Å². The fraction of sp³-hybridized carbons (Fsp3) is 0.829. The van der Waals surface area contributed by atoms with Crippen molar-refractivity contribution in [2.75, 3.05) is 13.2 Å². The van der Waals surface area contributed by atoms with E-state index in [2.05, 4.69) is 81.5 Å². The largest absolute Gasteiger partial charge is 0.462 e. The Kier molecular flexibility index (Phi) is 68.1. The van der Waals surface area contributed by atoms with Crippen molar-refractivity contribution in [3.05, 3.63) is 60.8 Å². The molecule has 0 N–H and O–H groups in total. The molecule has 82 heavy (non-hydrogen) atoms. The van der Waals surface area contributed by atoms with Crippen LogP contribution in [0.1, 0.15) is 387 Å². The molecule has 0 aromatic heterocycles. The number of carbonyl (C=O) groups excluding carboxylic acids is 3. The Balaban J connectivity index is 4.17. The van der Waals surface area contributed by atoms with Crippen molar-refractivity contribution >= 4 is 17.9 Å². The van der Waals surface area contributed by atoms with Gasteiger partial charge in [-0.3, -0.25) is 14.4 Å². The average Bonchev–Trinajstić information content (AvgIpc) is 3.47. The first-order valence-corrected chi connectivity index (χ1v) is 36.3. The topological polar surface area (TPSA) is 78.9 Å². The van der Waals surface area contributed by atoms with Gasteiger partial charge in [-0.15, -0.1) is 0 Å². The summed E-state index contributed by atoms with van der Waals surface area (Å²) in [5.74, 6) is -0.842. The van der Waals surface area contributed by atoms with Gasteiger partial charge in [0.05, 0.1) is 0 Å². The summed E-state index contributed by atoms with van der Waals surface area (Å²) in [6.07, 6.45) is 91.2. The molecule has 0 aliphatic rings. The lowest BCUT2D eigenvalue weighted by Crippen LogP contribution is -2.30. The molecule has 1 unspecified atom stereocenters. The summed E-state index contributed by atoms with van der Waals surface area (Å²) in [7, 11) is 0. The second-order valence-electron chi connectivity index (χ2n) is 24.5. The van der Waals surface area contributed by atoms with Crippen LogP contribution in [-0.2, 0) is 28.6 Å². The van der Waals surface area contributed by atoms with Gasteiger partial charge in [0.2, 0.25) is 0 Å². The third-order valence-corrected chi connectivity index (χ3v) is 16.3. The maximum atomic E-state index is 13.0. The molecule has 0 spiro atoms. The highest BCUT2D eigenvalue weighted by Gasteiger charge is 2.19. The summed E-state index contributed by atoms with van der Waals surface area (Å²) < 4.78 is 17.0. The van der Waals surface area contributed by atoms with E-state index in [4.69, 9.17) is 14.2 Å². The van der Waals surface area contributed by atoms with Gasteiger partial charge >= 0.3 is 17.9 Å². The third kappa shape index (κ3) is 67.9. The Morgan fingerprint density at radius 1 is 0.256 bits per heavy atom. The van der Waals surface area contributed by atoms with Crippen LogP contribution in [0.4, 0.5) is 0 Å². The quantitative estimate of drug-likeness (QED) is 0.0261. The Morgan fingerprint density at radius 2 is 0.476 bits per heavy atom. The lowest BCUT2D eigenvalue weighted by molar-refractivity contribution is -0.167. The zero-order valence-electron chi connectivity index (χ0n) is 55.0. The van der Waals surface area contributed by atoms with Crippen LogP contribution in [0.5, 0.6) is 0 Å². The van der Waals surface area contributed by atoms with Crippen LogP contribution in [0.15, 0.2) is 60.8 Å². The summed E-state index contributed by atoms with van der Waals surface area (Å²) in [5.41, 5.74) is 0. The molecule has 0 aromatic carbocycles. The van der Waals surface area contributed by atoms with Crippen molar-refractivity contribution in [1.29, 1.82) is 0 Å². The van der Waals surface area contributed by atoms with E-state index in [-0.39, 0.29) is 31.1 Å². The molecule has 0 heterocycles. The zero-order valence-corrected chi connectivity index (χ0v) is 55.0. The molecule has 0 radical (unpaired) electrons. The summed E-state index contributed by atoms with van der Waals surface area (Å²) in [5, 5.41) is 0. The van der Waals surface area contributed by atoms with Crippen molar-refractivity contribution in [2.45, 2.75) is 393 Å². The normalized spacial score (nSPS) is 12.4. The molecule has 0 bridgehead atoms. The first-order chi connectivity index (χ1) is 40.5. The molecule has 6 nitrogen and oxygen atoms in total. The maximum Gasteiger partial charge on any atom is 0.306 e. The summed E-state index contributed by atoms with van der Waals surface area (Å²) in [6, 6.07) is 0. The van der Waals surface area contributed by atoms with Crippen molar-refractivity contribution in [1.82, 2.24) is 0 Å². The number of hydrogen-bond acceptors (Lipinski definition) is 6. The highest BCUT2D eigenvalue weighted by atomic mass is 16.6. The van der Waals surface area contributed by atoms with Gasteiger partial charge in [-0.1, -0.05) is 364 Å². The van der Waals surface area contributed by atoms with Crippen LogP contribution in [0.3, 0.4) is 0 Å². The summed E-state index contributed by atoms with van der Waals surface area (Å²) in [4.78, 5) is 38.4. The SMILES string of the molecule is CC/C=C\C/C=C\C/C=C\C/C=C\C/C=C\CCCCCCCCCCCCCCCC(=O)OCC(COC(=O)CCCCCCCCCCCCC)OC(=O)CCCCCCCCCCCCCCCCCCCCCCCCCC. The standard InChI is InChI=1S/C76H138O6/c1-4-7-10-13-16-19-22-24-26-28-30-32-34-36-37-38-39-40-42-43-45-47-49-51-54-57-60-63-66-69-75(78)81-72-73(71-80-74(77)68-65-62-59-56-53-21-18-15-12-9-6-3)82-76(79)70-67-64-61-58-55-52-50-48-46-44-41-35-33-31-29-27-25-23-20-17-14-11-8-5-2/h7,10,16,19,24,26,30,32,36-37,73H,4-6,8-9,11-15,17-18,20-23,25,27-29,31,33-35,38-72H2,1-3H3/b10-7-,19-16-,26-24-,32-30-,37-36-. The Bertz CT molecular complexity index is 1460. The smallest absolute Gasteiger partial charge is 0.306 e. The molecule has 478 valence electrons. The Morgan fingerprint density at radius 3 is 0.744 bits per heavy atom. The highest BCUT2D eigenvalue weighted by molar-refractivity contribution is 5.71. The fourth-order valence-electron chi connectivity index (χ4n) is 10.9. The number of allylic oxidation sites excluding steroid dienone is 10. The molecule has 0 aromatic rings. The molecule has 0 saturated heterocycles. The van der Waals surface area contributed by atoms with Crippen LogP contribution in [0, 0.1) is 0 Å². The van der Waals surface area contributed by atoms with E-state index in [9.17, 15) is 14.4 Å². The molecule has 0 amide bonds. The molecule has 6 heteroatoms. The molecular weight excluding hydrogens is 1010 g/mol. The van der Waals surface area contributed by atoms with E-state index >= 15 is 0 Å². The van der Waals surface area contributed by atoms with Crippen LogP contribution >= 0.6 is 0 Å². The Hall–Kier alpha value is -2.89. The lowest BCUT2D eigenvalue weighted by atomic mass is 10.0. The number of rotatable bonds is 67. The van der Waals surface area contributed by atoms with Gasteiger partial charge in [-0.25, -0.2) is 0 Å². The minimum absolute atomic E-state index is 0.0677. The van der Waals surface area contributed by atoms with Gasteiger partial charge in [0.15, 0.2) is 6.10 Å². The van der Waals surface area contributed by atoms with Gasteiger partial charge in [-0.2, -0.15) is 0 Å². The summed E-state index contributed by atoms with van der Waals surface area (Å²) >= 11 is 0. The average molecular weight is 1150 g/mol. The summed E-state index contributed by atoms with van der Waals surface area (Å²) in [6.45, 7) is 6.59. The second kappa shape index (κ2) is 70.6. The van der Waals surface area contributed by atoms with Crippen molar-refractivity contribution in [2.24, 2.45) is 0 Å². The molecular formula is C76H138O6. The van der Waals surface area contributed by atoms with Crippen molar-refractivity contribution < 1.29 is 28.6 Å². The number of ether oxygens (including phenoxy) is 3. The predicted molar refractivity (Wildman–Crippen MR) is 358 cm³/mol. The molecule has 0 saturated carbocycles. The van der Waals surface area contributed by atoms with E-state index < -0.39 is 6.10 Å².